The number of carbonyl (C=O) groups excluding carboxylic acids is 1. The fraction of sp³-hybridized carbons (Fsp3) is 0.765. The summed E-state index contributed by atoms with van der Waals surface area (Å²) in [6.07, 6.45) is 2.65. The molecule has 0 radical (unpaired) electrons. The van der Waals surface area contributed by atoms with Crippen LogP contribution in [0.5, 0.6) is 0 Å². The van der Waals surface area contributed by atoms with Gasteiger partial charge in [0, 0.05) is 65.7 Å². The fourth-order valence-corrected chi connectivity index (χ4v) is 2.97. The zero-order chi connectivity index (χ0) is 18.8. The highest BCUT2D eigenvalue weighted by Crippen LogP contribution is 2.01. The first-order valence-corrected chi connectivity index (χ1v) is 9.50. The van der Waals surface area contributed by atoms with Gasteiger partial charge in [-0.05, 0) is 6.92 Å². The third-order valence-electron chi connectivity index (χ3n) is 4.51. The second-order valence-electron chi connectivity index (χ2n) is 6.33. The molecule has 0 spiro atoms. The molecule has 1 aliphatic rings. The van der Waals surface area contributed by atoms with Crippen LogP contribution >= 0.6 is 24.0 Å². The van der Waals surface area contributed by atoms with Crippen LogP contribution in [0.3, 0.4) is 0 Å². The lowest BCUT2D eigenvalue weighted by Crippen LogP contribution is -2.48. The number of aromatic nitrogens is 3. The van der Waals surface area contributed by atoms with Gasteiger partial charge in [-0.2, -0.15) is 0 Å². The molecule has 27 heavy (non-hydrogen) atoms. The number of amides is 1. The average Bonchev–Trinajstić information content (AvgIpc) is 3.09. The second-order valence-corrected chi connectivity index (χ2v) is 6.33. The lowest BCUT2D eigenvalue weighted by Gasteiger charge is -2.33. The SMILES string of the molecule is CCNC(=NCCN1CCN(C(C)=O)CC1)NCCn1cnnc1CC.I. The van der Waals surface area contributed by atoms with Gasteiger partial charge in [-0.15, -0.1) is 34.2 Å². The van der Waals surface area contributed by atoms with E-state index in [1.807, 2.05) is 4.90 Å². The Morgan fingerprint density at radius 2 is 1.93 bits per heavy atom. The Bertz CT molecular complexity index is 583. The molecule has 1 amide bonds. The van der Waals surface area contributed by atoms with E-state index in [1.54, 1.807) is 13.3 Å². The smallest absolute Gasteiger partial charge is 0.219 e. The predicted molar refractivity (Wildman–Crippen MR) is 117 cm³/mol. The highest BCUT2D eigenvalue weighted by atomic mass is 127. The van der Waals surface area contributed by atoms with Crippen molar-refractivity contribution in [3.05, 3.63) is 12.2 Å². The van der Waals surface area contributed by atoms with E-state index in [-0.39, 0.29) is 29.9 Å². The van der Waals surface area contributed by atoms with Crippen LogP contribution in [0.2, 0.25) is 0 Å². The van der Waals surface area contributed by atoms with Crippen LogP contribution in [-0.4, -0.2) is 88.8 Å². The van der Waals surface area contributed by atoms with E-state index < -0.39 is 0 Å². The maximum atomic E-state index is 11.4. The largest absolute Gasteiger partial charge is 0.357 e. The summed E-state index contributed by atoms with van der Waals surface area (Å²) in [5.41, 5.74) is 0. The molecule has 1 aromatic heterocycles. The summed E-state index contributed by atoms with van der Waals surface area (Å²) in [5, 5.41) is 14.7. The van der Waals surface area contributed by atoms with E-state index >= 15 is 0 Å². The molecule has 10 heteroatoms. The third kappa shape index (κ3) is 7.99. The second kappa shape index (κ2) is 12.9. The number of aliphatic imine (C=N–C) groups is 1. The van der Waals surface area contributed by atoms with Gasteiger partial charge in [0.25, 0.3) is 0 Å². The maximum Gasteiger partial charge on any atom is 0.219 e. The molecular formula is C17H33IN8O. The molecule has 9 nitrogen and oxygen atoms in total. The van der Waals surface area contributed by atoms with Gasteiger partial charge in [0.1, 0.15) is 12.2 Å². The summed E-state index contributed by atoms with van der Waals surface area (Å²) in [6, 6.07) is 0. The van der Waals surface area contributed by atoms with Gasteiger partial charge in [0.2, 0.25) is 5.91 Å². The van der Waals surface area contributed by atoms with Crippen LogP contribution in [0.1, 0.15) is 26.6 Å². The third-order valence-corrected chi connectivity index (χ3v) is 4.51. The normalized spacial score (nSPS) is 15.4. The fourth-order valence-electron chi connectivity index (χ4n) is 2.97. The Morgan fingerprint density at radius 1 is 1.19 bits per heavy atom. The molecule has 2 N–H and O–H groups in total. The van der Waals surface area contributed by atoms with Crippen LogP contribution < -0.4 is 10.6 Å². The van der Waals surface area contributed by atoms with Crippen molar-refractivity contribution in [2.45, 2.75) is 33.7 Å². The molecule has 0 atom stereocenters. The molecule has 1 aliphatic heterocycles. The molecule has 154 valence electrons. The highest BCUT2D eigenvalue weighted by Gasteiger charge is 2.17. The number of aryl methyl sites for hydroxylation is 1. The zero-order valence-corrected chi connectivity index (χ0v) is 19.0. The Morgan fingerprint density at radius 3 is 2.56 bits per heavy atom. The van der Waals surface area contributed by atoms with Gasteiger partial charge in [0.05, 0.1) is 6.54 Å². The van der Waals surface area contributed by atoms with Gasteiger partial charge < -0.3 is 20.1 Å². The quantitative estimate of drug-likeness (QED) is 0.306. The Balaban J connectivity index is 0.00000364. The molecule has 1 aromatic rings. The van der Waals surface area contributed by atoms with Gasteiger partial charge in [-0.1, -0.05) is 6.92 Å². The molecule has 0 aliphatic carbocycles. The number of halogens is 1. The lowest BCUT2D eigenvalue weighted by atomic mass is 10.3. The molecule has 0 bridgehead atoms. The van der Waals surface area contributed by atoms with Crippen molar-refractivity contribution >= 4 is 35.8 Å². The summed E-state index contributed by atoms with van der Waals surface area (Å²) < 4.78 is 2.06. The summed E-state index contributed by atoms with van der Waals surface area (Å²) in [4.78, 5) is 20.3. The van der Waals surface area contributed by atoms with Crippen LogP contribution in [-0.2, 0) is 17.8 Å². The number of hydrogen-bond donors (Lipinski definition) is 2. The molecular weight excluding hydrogens is 459 g/mol. The summed E-state index contributed by atoms with van der Waals surface area (Å²) >= 11 is 0. The van der Waals surface area contributed by atoms with E-state index in [9.17, 15) is 4.79 Å². The minimum atomic E-state index is 0. The Labute approximate surface area is 179 Å². The molecule has 0 unspecified atom stereocenters. The highest BCUT2D eigenvalue weighted by molar-refractivity contribution is 14.0. The van der Waals surface area contributed by atoms with Crippen molar-refractivity contribution in [3.8, 4) is 0 Å². The van der Waals surface area contributed by atoms with E-state index in [4.69, 9.17) is 0 Å². The number of nitrogens with one attached hydrogen (secondary N) is 2. The Hall–Kier alpha value is -1.43. The standard InChI is InChI=1S/C17H32N8O.HI/c1-4-16-22-21-14-25(16)9-7-20-17(18-5-2)19-6-8-23-10-12-24(13-11-23)15(3)26;/h14H,4-13H2,1-3H3,(H2,18,19,20);1H. The van der Waals surface area contributed by atoms with Crippen molar-refractivity contribution in [3.63, 3.8) is 0 Å². The van der Waals surface area contributed by atoms with Crippen molar-refractivity contribution in [1.82, 2.24) is 35.2 Å². The topological polar surface area (TPSA) is 90.7 Å². The first-order chi connectivity index (χ1) is 12.6. The molecule has 0 aromatic carbocycles. The lowest BCUT2D eigenvalue weighted by molar-refractivity contribution is -0.130. The number of carbonyl (C=O) groups is 1. The minimum Gasteiger partial charge on any atom is -0.357 e. The van der Waals surface area contributed by atoms with E-state index in [1.165, 1.54) is 0 Å². The van der Waals surface area contributed by atoms with Crippen LogP contribution in [0.15, 0.2) is 11.3 Å². The van der Waals surface area contributed by atoms with Crippen molar-refractivity contribution in [2.24, 2.45) is 4.99 Å². The first-order valence-electron chi connectivity index (χ1n) is 9.50. The van der Waals surface area contributed by atoms with Crippen molar-refractivity contribution in [2.75, 3.05) is 52.4 Å². The number of rotatable bonds is 8. The van der Waals surface area contributed by atoms with E-state index in [0.717, 1.165) is 77.1 Å². The molecule has 1 saturated heterocycles. The number of guanidine groups is 1. The maximum absolute atomic E-state index is 11.4. The van der Waals surface area contributed by atoms with Gasteiger partial charge in [-0.3, -0.25) is 14.7 Å². The molecule has 2 heterocycles. The first kappa shape index (κ1) is 23.6. The van der Waals surface area contributed by atoms with Crippen LogP contribution in [0.4, 0.5) is 0 Å². The van der Waals surface area contributed by atoms with Crippen LogP contribution in [0.25, 0.3) is 0 Å². The Kier molecular flexibility index (Phi) is 11.3. The molecule has 2 rings (SSSR count). The van der Waals surface area contributed by atoms with Crippen LogP contribution in [0, 0.1) is 0 Å². The average molecular weight is 492 g/mol. The number of nitrogens with zero attached hydrogens (tertiary/aromatic N) is 6. The minimum absolute atomic E-state index is 0. The number of hydrogen-bond acceptors (Lipinski definition) is 5. The van der Waals surface area contributed by atoms with E-state index in [0.29, 0.717) is 0 Å². The predicted octanol–water partition coefficient (Wildman–Crippen LogP) is 0.178. The van der Waals surface area contributed by atoms with Crippen molar-refractivity contribution < 1.29 is 4.79 Å². The summed E-state index contributed by atoms with van der Waals surface area (Å²) in [5.74, 6) is 2.00. The van der Waals surface area contributed by atoms with Gasteiger partial charge >= 0.3 is 0 Å². The van der Waals surface area contributed by atoms with Gasteiger partial charge in [-0.25, -0.2) is 0 Å². The number of piperazine rings is 1. The van der Waals surface area contributed by atoms with Gasteiger partial charge in [0.15, 0.2) is 5.96 Å². The monoisotopic (exact) mass is 492 g/mol. The molecule has 0 saturated carbocycles. The summed E-state index contributed by atoms with van der Waals surface area (Å²) in [7, 11) is 0. The summed E-state index contributed by atoms with van der Waals surface area (Å²) in [6.45, 7) is 13.3. The van der Waals surface area contributed by atoms with E-state index in [2.05, 4.69) is 49.1 Å². The van der Waals surface area contributed by atoms with Crippen molar-refractivity contribution in [1.29, 1.82) is 0 Å². The molecule has 1 fully saturated rings. The zero-order valence-electron chi connectivity index (χ0n) is 16.6.